The van der Waals surface area contributed by atoms with Crippen LogP contribution in [0.2, 0.25) is 0 Å². The van der Waals surface area contributed by atoms with Crippen LogP contribution in [0.3, 0.4) is 0 Å². The number of nitrogen functional groups attached to an aromatic ring is 1. The highest BCUT2D eigenvalue weighted by atomic mass is 19.1. The van der Waals surface area contributed by atoms with Gasteiger partial charge in [-0.05, 0) is 35.9 Å². The molecule has 0 spiro atoms. The van der Waals surface area contributed by atoms with Gasteiger partial charge in [-0.15, -0.1) is 0 Å². The summed E-state index contributed by atoms with van der Waals surface area (Å²) in [5.74, 6) is -0.945. The van der Waals surface area contributed by atoms with E-state index < -0.39 is 5.82 Å². The number of nitrogens with two attached hydrogens (primary N) is 1. The summed E-state index contributed by atoms with van der Waals surface area (Å²) in [5.41, 5.74) is 7.45. The molecule has 2 aromatic carbocycles. The van der Waals surface area contributed by atoms with Crippen LogP contribution in [-0.2, 0) is 0 Å². The van der Waals surface area contributed by atoms with E-state index in [1.54, 1.807) is 18.2 Å². The molecule has 0 amide bonds. The van der Waals surface area contributed by atoms with Gasteiger partial charge in [0.25, 0.3) is 0 Å². The molecule has 0 bridgehead atoms. The van der Waals surface area contributed by atoms with Gasteiger partial charge in [0.05, 0.1) is 23.9 Å². The number of anilines is 2. The van der Waals surface area contributed by atoms with Crippen molar-refractivity contribution in [2.45, 2.75) is 6.42 Å². The molecule has 0 aliphatic heterocycles. The maximum Gasteiger partial charge on any atom is 0.148 e. The van der Waals surface area contributed by atoms with Crippen molar-refractivity contribution in [1.29, 1.82) is 10.7 Å². The maximum absolute atomic E-state index is 14.0. The minimum atomic E-state index is -0.601. The molecule has 0 aliphatic rings. The van der Waals surface area contributed by atoms with Crippen LogP contribution in [0.15, 0.2) is 54.8 Å². The zero-order valence-electron chi connectivity index (χ0n) is 13.3. The molecule has 0 aromatic heterocycles. The number of hydrogen-bond donors (Lipinski definition) is 3. The van der Waals surface area contributed by atoms with E-state index in [-0.39, 0.29) is 29.3 Å². The lowest BCUT2D eigenvalue weighted by atomic mass is 10.0. The Balaban J connectivity index is 2.25. The molecule has 4 nitrogen and oxygen atoms in total. The molecule has 25 heavy (non-hydrogen) atoms. The van der Waals surface area contributed by atoms with Crippen LogP contribution in [0, 0.1) is 28.4 Å². The number of halogens is 2. The number of hydrogen-bond acceptors (Lipinski definition) is 4. The minimum Gasteiger partial charge on any atom is -0.398 e. The molecular formula is C19H16F2N4. The summed E-state index contributed by atoms with van der Waals surface area (Å²) in [6.07, 6.45) is 3.15. The maximum atomic E-state index is 14.0. The SMILES string of the molecule is C=C(CC#N)Nc1cc(C(=N)/C=C/c2ccc(F)cc2)c(N)cc1F. The Morgan fingerprint density at radius 2 is 1.96 bits per heavy atom. The molecule has 2 aromatic rings. The summed E-state index contributed by atoms with van der Waals surface area (Å²) < 4.78 is 26.9. The molecule has 0 unspecified atom stereocenters. The Labute approximate surface area is 144 Å². The van der Waals surface area contributed by atoms with Crippen molar-refractivity contribution in [3.05, 3.63) is 77.5 Å². The summed E-state index contributed by atoms with van der Waals surface area (Å²) in [4.78, 5) is 0. The normalized spacial score (nSPS) is 10.4. The van der Waals surface area contributed by atoms with Crippen LogP contribution in [0.1, 0.15) is 17.5 Å². The van der Waals surface area contributed by atoms with Crippen LogP contribution in [0.25, 0.3) is 6.08 Å². The Bertz CT molecular complexity index is 878. The predicted molar refractivity (Wildman–Crippen MR) is 96.1 cm³/mol. The molecule has 0 aliphatic carbocycles. The fraction of sp³-hybridized carbons (Fsp3) is 0.0526. The van der Waals surface area contributed by atoms with Gasteiger partial charge >= 0.3 is 0 Å². The Morgan fingerprint density at radius 1 is 1.28 bits per heavy atom. The van der Waals surface area contributed by atoms with Crippen molar-refractivity contribution >= 4 is 23.2 Å². The van der Waals surface area contributed by atoms with Gasteiger partial charge in [-0.25, -0.2) is 8.78 Å². The third-order valence-electron chi connectivity index (χ3n) is 3.35. The van der Waals surface area contributed by atoms with E-state index in [4.69, 9.17) is 16.4 Å². The fourth-order valence-electron chi connectivity index (χ4n) is 2.09. The first-order valence-electron chi connectivity index (χ1n) is 7.34. The van der Waals surface area contributed by atoms with E-state index in [1.165, 1.54) is 24.3 Å². The van der Waals surface area contributed by atoms with Gasteiger partial charge in [-0.1, -0.05) is 24.8 Å². The Morgan fingerprint density at radius 3 is 2.60 bits per heavy atom. The number of allylic oxidation sites excluding steroid dienone is 2. The molecule has 0 saturated carbocycles. The number of nitrogens with zero attached hydrogens (tertiary/aromatic N) is 1. The lowest BCUT2D eigenvalue weighted by Gasteiger charge is -2.12. The number of nitrogens with one attached hydrogen (secondary N) is 2. The molecule has 2 rings (SSSR count). The lowest BCUT2D eigenvalue weighted by Crippen LogP contribution is -2.06. The van der Waals surface area contributed by atoms with Crippen LogP contribution >= 0.6 is 0 Å². The van der Waals surface area contributed by atoms with Crippen LogP contribution < -0.4 is 11.1 Å². The van der Waals surface area contributed by atoms with E-state index in [1.807, 2.05) is 6.07 Å². The van der Waals surface area contributed by atoms with Crippen molar-refractivity contribution in [1.82, 2.24) is 0 Å². The first kappa shape index (κ1) is 17.9. The van der Waals surface area contributed by atoms with E-state index in [9.17, 15) is 8.78 Å². The quantitative estimate of drug-likeness (QED) is 0.536. The second-order valence-electron chi connectivity index (χ2n) is 5.28. The van der Waals surface area contributed by atoms with Crippen LogP contribution in [-0.4, -0.2) is 5.71 Å². The smallest absolute Gasteiger partial charge is 0.148 e. The molecule has 0 fully saturated rings. The molecule has 0 atom stereocenters. The number of benzene rings is 2. The number of rotatable bonds is 6. The Hall–Kier alpha value is -3.46. The standard InChI is InChI=1S/C19H16F2N4/c1-12(8-9-22)25-19-10-15(18(24)11-16(19)21)17(23)7-4-13-2-5-14(20)6-3-13/h2-7,10-11,23,25H,1,8,24H2/b7-4+,23-17?. The third-order valence-corrected chi connectivity index (χ3v) is 3.35. The van der Waals surface area contributed by atoms with E-state index in [0.29, 0.717) is 16.8 Å². The zero-order chi connectivity index (χ0) is 18.4. The monoisotopic (exact) mass is 338 g/mol. The fourth-order valence-corrected chi connectivity index (χ4v) is 2.09. The van der Waals surface area contributed by atoms with Crippen LogP contribution in [0.5, 0.6) is 0 Å². The summed E-state index contributed by atoms with van der Waals surface area (Å²) in [5, 5.41) is 19.5. The highest BCUT2D eigenvalue weighted by Crippen LogP contribution is 2.24. The predicted octanol–water partition coefficient (Wildman–Crippen LogP) is 4.47. The number of nitriles is 1. The highest BCUT2D eigenvalue weighted by molar-refractivity contribution is 6.12. The average Bonchev–Trinajstić information content (AvgIpc) is 2.56. The molecule has 6 heteroatoms. The van der Waals surface area contributed by atoms with E-state index >= 15 is 0 Å². The Kier molecular flexibility index (Phi) is 5.64. The first-order valence-corrected chi connectivity index (χ1v) is 7.34. The molecular weight excluding hydrogens is 322 g/mol. The van der Waals surface area contributed by atoms with Gasteiger partial charge in [0.15, 0.2) is 0 Å². The summed E-state index contributed by atoms with van der Waals surface area (Å²) in [6.45, 7) is 3.63. The van der Waals surface area contributed by atoms with Gasteiger partial charge in [-0.2, -0.15) is 5.26 Å². The summed E-state index contributed by atoms with van der Waals surface area (Å²) in [7, 11) is 0. The van der Waals surface area contributed by atoms with Crippen molar-refractivity contribution in [2.24, 2.45) is 0 Å². The molecule has 0 radical (unpaired) electrons. The van der Waals surface area contributed by atoms with E-state index in [0.717, 1.165) is 6.07 Å². The van der Waals surface area contributed by atoms with Gasteiger partial charge in [0, 0.05) is 16.9 Å². The highest BCUT2D eigenvalue weighted by Gasteiger charge is 2.11. The first-order chi connectivity index (χ1) is 11.9. The third kappa shape index (κ3) is 4.75. The second kappa shape index (κ2) is 7.88. The summed E-state index contributed by atoms with van der Waals surface area (Å²) >= 11 is 0. The molecule has 4 N–H and O–H groups in total. The molecule has 0 saturated heterocycles. The van der Waals surface area contributed by atoms with Crippen molar-refractivity contribution in [3.63, 3.8) is 0 Å². The van der Waals surface area contributed by atoms with Gasteiger partial charge in [-0.3, -0.25) is 0 Å². The largest absolute Gasteiger partial charge is 0.398 e. The zero-order valence-corrected chi connectivity index (χ0v) is 13.3. The van der Waals surface area contributed by atoms with E-state index in [2.05, 4.69) is 11.9 Å². The van der Waals surface area contributed by atoms with Gasteiger partial charge in [0.1, 0.15) is 11.6 Å². The second-order valence-corrected chi connectivity index (χ2v) is 5.28. The molecule has 0 heterocycles. The molecule has 126 valence electrons. The minimum absolute atomic E-state index is 0.0288. The van der Waals surface area contributed by atoms with Crippen molar-refractivity contribution in [3.8, 4) is 6.07 Å². The van der Waals surface area contributed by atoms with Gasteiger partial charge < -0.3 is 16.5 Å². The van der Waals surface area contributed by atoms with Crippen LogP contribution in [0.4, 0.5) is 20.2 Å². The van der Waals surface area contributed by atoms with Crippen molar-refractivity contribution in [2.75, 3.05) is 11.1 Å². The topological polar surface area (TPSA) is 85.7 Å². The lowest BCUT2D eigenvalue weighted by molar-refractivity contribution is 0.627. The van der Waals surface area contributed by atoms with Crippen molar-refractivity contribution < 1.29 is 8.78 Å². The summed E-state index contributed by atoms with van der Waals surface area (Å²) in [6, 6.07) is 10.2. The van der Waals surface area contributed by atoms with Gasteiger partial charge in [0.2, 0.25) is 0 Å². The average molecular weight is 338 g/mol.